The summed E-state index contributed by atoms with van der Waals surface area (Å²) in [5.41, 5.74) is 7.83. The molecule has 2 heterocycles. The van der Waals surface area contributed by atoms with Crippen LogP contribution in [0.25, 0.3) is 15.3 Å². The standard InChI is InChI=1S/C16H17N3O2S/c1-2-21-15(20)12(17)10-11-6-5-9-19(11)16-18-13-7-3-4-8-14(13)22-16/h3-9,12H,2,10,17H2,1H3. The summed E-state index contributed by atoms with van der Waals surface area (Å²) < 4.78 is 8.07. The van der Waals surface area contributed by atoms with Crippen molar-refractivity contribution in [3.8, 4) is 5.13 Å². The molecule has 2 N–H and O–H groups in total. The molecule has 114 valence electrons. The lowest BCUT2D eigenvalue weighted by Gasteiger charge is -2.11. The number of aromatic nitrogens is 2. The Labute approximate surface area is 132 Å². The van der Waals surface area contributed by atoms with Crippen LogP contribution in [-0.2, 0) is 16.0 Å². The molecule has 1 aromatic carbocycles. The minimum atomic E-state index is -0.664. The molecule has 0 aliphatic carbocycles. The average molecular weight is 315 g/mol. The van der Waals surface area contributed by atoms with Crippen LogP contribution in [0.5, 0.6) is 0 Å². The number of thiazole rings is 1. The molecule has 0 bridgehead atoms. The first-order valence-corrected chi connectivity index (χ1v) is 7.95. The van der Waals surface area contributed by atoms with Crippen LogP contribution in [0.4, 0.5) is 0 Å². The predicted octanol–water partition coefficient (Wildman–Crippen LogP) is 2.52. The Morgan fingerprint density at radius 1 is 1.36 bits per heavy atom. The van der Waals surface area contributed by atoms with E-state index in [-0.39, 0.29) is 5.97 Å². The van der Waals surface area contributed by atoms with E-state index in [4.69, 9.17) is 10.5 Å². The van der Waals surface area contributed by atoms with E-state index >= 15 is 0 Å². The van der Waals surface area contributed by atoms with E-state index in [9.17, 15) is 4.79 Å². The molecule has 0 aliphatic rings. The van der Waals surface area contributed by atoms with Crippen LogP contribution in [0.15, 0.2) is 42.6 Å². The molecule has 0 saturated carbocycles. The van der Waals surface area contributed by atoms with Crippen LogP contribution in [0, 0.1) is 0 Å². The maximum absolute atomic E-state index is 11.7. The fourth-order valence-electron chi connectivity index (χ4n) is 2.29. The molecular formula is C16H17N3O2S. The predicted molar refractivity (Wildman–Crippen MR) is 87.3 cm³/mol. The summed E-state index contributed by atoms with van der Waals surface area (Å²) in [7, 11) is 0. The van der Waals surface area contributed by atoms with Gasteiger partial charge < -0.3 is 10.5 Å². The molecular weight excluding hydrogens is 298 g/mol. The maximum Gasteiger partial charge on any atom is 0.323 e. The maximum atomic E-state index is 11.7. The lowest BCUT2D eigenvalue weighted by Crippen LogP contribution is -2.34. The van der Waals surface area contributed by atoms with Crippen molar-refractivity contribution in [1.82, 2.24) is 9.55 Å². The number of nitrogens with two attached hydrogens (primary N) is 1. The van der Waals surface area contributed by atoms with Gasteiger partial charge in [0.25, 0.3) is 0 Å². The van der Waals surface area contributed by atoms with Gasteiger partial charge in [-0.15, -0.1) is 0 Å². The smallest absolute Gasteiger partial charge is 0.323 e. The van der Waals surface area contributed by atoms with Gasteiger partial charge in [-0.2, -0.15) is 0 Å². The van der Waals surface area contributed by atoms with E-state index < -0.39 is 6.04 Å². The number of para-hydroxylation sites is 1. The molecule has 0 amide bonds. The van der Waals surface area contributed by atoms with E-state index in [1.54, 1.807) is 18.3 Å². The minimum Gasteiger partial charge on any atom is -0.465 e. The van der Waals surface area contributed by atoms with Gasteiger partial charge in [-0.25, -0.2) is 4.98 Å². The zero-order valence-corrected chi connectivity index (χ0v) is 13.0. The normalized spacial score (nSPS) is 12.5. The molecule has 3 aromatic rings. The number of carbonyl (C=O) groups excluding carboxylic acids is 1. The van der Waals surface area contributed by atoms with E-state index in [0.717, 1.165) is 21.0 Å². The second-order valence-corrected chi connectivity index (χ2v) is 5.91. The van der Waals surface area contributed by atoms with Gasteiger partial charge in [0.15, 0.2) is 5.13 Å². The van der Waals surface area contributed by atoms with Crippen molar-refractivity contribution < 1.29 is 9.53 Å². The van der Waals surface area contributed by atoms with Gasteiger partial charge in [-0.05, 0) is 31.2 Å². The molecule has 0 fully saturated rings. The summed E-state index contributed by atoms with van der Waals surface area (Å²) >= 11 is 1.61. The van der Waals surface area contributed by atoms with Crippen molar-refractivity contribution in [1.29, 1.82) is 0 Å². The third-order valence-electron chi connectivity index (χ3n) is 3.34. The van der Waals surface area contributed by atoms with Crippen molar-refractivity contribution in [2.75, 3.05) is 6.61 Å². The first-order valence-electron chi connectivity index (χ1n) is 7.13. The van der Waals surface area contributed by atoms with Crippen LogP contribution in [0.2, 0.25) is 0 Å². The number of carbonyl (C=O) groups is 1. The summed E-state index contributed by atoms with van der Waals surface area (Å²) in [4.78, 5) is 16.3. The molecule has 0 spiro atoms. The second-order valence-electron chi connectivity index (χ2n) is 4.90. The first kappa shape index (κ1) is 14.7. The quantitative estimate of drug-likeness (QED) is 0.735. The van der Waals surface area contributed by atoms with Crippen LogP contribution in [-0.4, -0.2) is 28.2 Å². The fourth-order valence-corrected chi connectivity index (χ4v) is 3.27. The first-order chi connectivity index (χ1) is 10.7. The molecule has 0 aliphatic heterocycles. The molecule has 22 heavy (non-hydrogen) atoms. The zero-order valence-electron chi connectivity index (χ0n) is 12.2. The summed E-state index contributed by atoms with van der Waals surface area (Å²) in [6.45, 7) is 2.11. The Morgan fingerprint density at radius 2 is 2.18 bits per heavy atom. The third kappa shape index (κ3) is 2.88. The SMILES string of the molecule is CCOC(=O)C(N)Cc1cccn1-c1nc2ccccc2s1. The van der Waals surface area contributed by atoms with Crippen LogP contribution >= 0.6 is 11.3 Å². The Morgan fingerprint density at radius 3 is 2.95 bits per heavy atom. The average Bonchev–Trinajstić information content (AvgIpc) is 3.12. The van der Waals surface area contributed by atoms with Crippen molar-refractivity contribution >= 4 is 27.5 Å². The van der Waals surface area contributed by atoms with E-state index in [1.807, 2.05) is 47.2 Å². The van der Waals surface area contributed by atoms with Gasteiger partial charge in [0.2, 0.25) is 0 Å². The topological polar surface area (TPSA) is 70.1 Å². The number of hydrogen-bond donors (Lipinski definition) is 1. The summed E-state index contributed by atoms with van der Waals surface area (Å²) in [6, 6.07) is 11.2. The zero-order chi connectivity index (χ0) is 15.5. The van der Waals surface area contributed by atoms with Gasteiger partial charge in [0.1, 0.15) is 6.04 Å². The Balaban J connectivity index is 1.87. The Kier molecular flexibility index (Phi) is 4.22. The highest BCUT2D eigenvalue weighted by atomic mass is 32.1. The molecule has 3 rings (SSSR count). The fraction of sp³-hybridized carbons (Fsp3) is 0.250. The highest BCUT2D eigenvalue weighted by molar-refractivity contribution is 7.20. The van der Waals surface area contributed by atoms with Crippen LogP contribution in [0.3, 0.4) is 0 Å². The van der Waals surface area contributed by atoms with Gasteiger partial charge in [0.05, 0.1) is 16.8 Å². The molecule has 0 radical (unpaired) electrons. The Hall–Kier alpha value is -2.18. The third-order valence-corrected chi connectivity index (χ3v) is 4.38. The lowest BCUT2D eigenvalue weighted by atomic mass is 10.2. The van der Waals surface area contributed by atoms with Crippen molar-refractivity contribution in [2.24, 2.45) is 5.73 Å². The summed E-state index contributed by atoms with van der Waals surface area (Å²) in [5, 5.41) is 0.872. The van der Waals surface area contributed by atoms with E-state index in [1.165, 1.54) is 0 Å². The van der Waals surface area contributed by atoms with Gasteiger partial charge in [0, 0.05) is 18.3 Å². The van der Waals surface area contributed by atoms with Crippen molar-refractivity contribution in [3.63, 3.8) is 0 Å². The molecule has 5 nitrogen and oxygen atoms in total. The highest BCUT2D eigenvalue weighted by Crippen LogP contribution is 2.26. The molecule has 0 saturated heterocycles. The van der Waals surface area contributed by atoms with Gasteiger partial charge in [-0.3, -0.25) is 9.36 Å². The number of nitrogens with zero attached hydrogens (tertiary/aromatic N) is 2. The molecule has 1 unspecified atom stereocenters. The van der Waals surface area contributed by atoms with E-state index in [2.05, 4.69) is 4.98 Å². The number of ether oxygens (including phenoxy) is 1. The molecule has 6 heteroatoms. The minimum absolute atomic E-state index is 0.339. The molecule has 1 atom stereocenters. The number of rotatable bonds is 5. The monoisotopic (exact) mass is 315 g/mol. The number of benzene rings is 1. The largest absolute Gasteiger partial charge is 0.465 e. The summed E-state index contributed by atoms with van der Waals surface area (Å²) in [6.07, 6.45) is 2.35. The van der Waals surface area contributed by atoms with E-state index in [0.29, 0.717) is 13.0 Å². The summed E-state index contributed by atoms with van der Waals surface area (Å²) in [5.74, 6) is -0.375. The van der Waals surface area contributed by atoms with Crippen LogP contribution < -0.4 is 5.73 Å². The number of hydrogen-bond acceptors (Lipinski definition) is 5. The van der Waals surface area contributed by atoms with Gasteiger partial charge in [-0.1, -0.05) is 23.5 Å². The lowest BCUT2D eigenvalue weighted by molar-refractivity contribution is -0.144. The molecule has 2 aromatic heterocycles. The van der Waals surface area contributed by atoms with Crippen molar-refractivity contribution in [2.45, 2.75) is 19.4 Å². The number of fused-ring (bicyclic) bond motifs is 1. The van der Waals surface area contributed by atoms with Crippen molar-refractivity contribution in [3.05, 3.63) is 48.3 Å². The Bertz CT molecular complexity index is 760. The number of esters is 1. The second kappa shape index (κ2) is 6.29. The highest BCUT2D eigenvalue weighted by Gasteiger charge is 2.18. The van der Waals surface area contributed by atoms with Crippen LogP contribution in [0.1, 0.15) is 12.6 Å². The van der Waals surface area contributed by atoms with Gasteiger partial charge >= 0.3 is 5.97 Å².